The number of halogens is 1. The molecule has 1 aliphatic rings. The second-order valence-electron chi connectivity index (χ2n) is 6.63. The Morgan fingerprint density at radius 1 is 0.815 bits per heavy atom. The Morgan fingerprint density at radius 2 is 1.48 bits per heavy atom. The monoisotopic (exact) mass is 434 g/mol. The maximum atomic E-state index is 5.45. The maximum Gasteiger partial charge on any atom is 0.161 e. The van der Waals surface area contributed by atoms with Crippen LogP contribution in [-0.2, 0) is 0 Å². The van der Waals surface area contributed by atoms with Gasteiger partial charge in [-0.05, 0) is 52.7 Å². The van der Waals surface area contributed by atoms with Crippen molar-refractivity contribution in [1.82, 2.24) is 4.90 Å². The van der Waals surface area contributed by atoms with Gasteiger partial charge in [-0.25, -0.2) is 0 Å². The van der Waals surface area contributed by atoms with Gasteiger partial charge in [-0.1, -0.05) is 6.07 Å². The fourth-order valence-corrected chi connectivity index (χ4v) is 3.94. The first-order valence-electron chi connectivity index (χ1n) is 9.11. The molecule has 0 aromatic heterocycles. The second kappa shape index (κ2) is 8.85. The van der Waals surface area contributed by atoms with Gasteiger partial charge in [0, 0.05) is 44.0 Å². The summed E-state index contributed by atoms with van der Waals surface area (Å²) < 4.78 is 17.2. The van der Waals surface area contributed by atoms with Crippen molar-refractivity contribution in [3.05, 3.63) is 46.4 Å². The summed E-state index contributed by atoms with van der Waals surface area (Å²) in [5.41, 5.74) is 2.44. The van der Waals surface area contributed by atoms with Crippen LogP contribution < -0.4 is 19.1 Å². The summed E-state index contributed by atoms with van der Waals surface area (Å²) in [4.78, 5) is 4.92. The molecule has 1 saturated heterocycles. The van der Waals surface area contributed by atoms with Gasteiger partial charge < -0.3 is 19.1 Å². The molecule has 0 bridgehead atoms. The SMILES string of the molecule is COc1cc(N2CCN([C@H](C)c3ccc(OC)c(OC)c3)CC2)ccc1Br. The Kier molecular flexibility index (Phi) is 6.50. The molecule has 0 radical (unpaired) electrons. The van der Waals surface area contributed by atoms with E-state index in [0.29, 0.717) is 6.04 Å². The molecule has 27 heavy (non-hydrogen) atoms. The zero-order chi connectivity index (χ0) is 19.4. The lowest BCUT2D eigenvalue weighted by Gasteiger charge is -2.39. The minimum atomic E-state index is 0.325. The van der Waals surface area contributed by atoms with Crippen LogP contribution in [0.15, 0.2) is 40.9 Å². The quantitative estimate of drug-likeness (QED) is 0.674. The molecule has 2 aromatic rings. The molecular formula is C21H27BrN2O3. The predicted octanol–water partition coefficient (Wildman–Crippen LogP) is 4.36. The first-order chi connectivity index (χ1) is 13.1. The van der Waals surface area contributed by atoms with Crippen LogP contribution in [-0.4, -0.2) is 52.4 Å². The van der Waals surface area contributed by atoms with E-state index in [-0.39, 0.29) is 0 Å². The van der Waals surface area contributed by atoms with Crippen LogP contribution in [0, 0.1) is 0 Å². The maximum absolute atomic E-state index is 5.45. The number of ether oxygens (including phenoxy) is 3. The summed E-state index contributed by atoms with van der Waals surface area (Å²) in [5, 5.41) is 0. The zero-order valence-corrected chi connectivity index (χ0v) is 18.0. The summed E-state index contributed by atoms with van der Waals surface area (Å²) in [6, 6.07) is 12.8. The molecule has 0 unspecified atom stereocenters. The fourth-order valence-electron chi connectivity index (χ4n) is 3.54. The third kappa shape index (κ3) is 4.33. The van der Waals surface area contributed by atoms with Gasteiger partial charge in [-0.3, -0.25) is 4.90 Å². The molecule has 0 N–H and O–H groups in total. The van der Waals surface area contributed by atoms with E-state index in [1.807, 2.05) is 12.1 Å². The van der Waals surface area contributed by atoms with Crippen molar-refractivity contribution in [2.75, 3.05) is 52.4 Å². The highest BCUT2D eigenvalue weighted by atomic mass is 79.9. The lowest BCUT2D eigenvalue weighted by molar-refractivity contribution is 0.198. The molecule has 1 heterocycles. The van der Waals surface area contributed by atoms with E-state index >= 15 is 0 Å². The van der Waals surface area contributed by atoms with Crippen molar-refractivity contribution in [2.45, 2.75) is 13.0 Å². The van der Waals surface area contributed by atoms with E-state index in [0.717, 1.165) is 47.9 Å². The Morgan fingerprint density at radius 3 is 2.11 bits per heavy atom. The largest absolute Gasteiger partial charge is 0.495 e. The summed E-state index contributed by atoms with van der Waals surface area (Å²) in [7, 11) is 5.04. The summed E-state index contributed by atoms with van der Waals surface area (Å²) in [5.74, 6) is 2.42. The highest BCUT2D eigenvalue weighted by molar-refractivity contribution is 9.10. The highest BCUT2D eigenvalue weighted by Gasteiger charge is 2.23. The van der Waals surface area contributed by atoms with Gasteiger partial charge in [0.1, 0.15) is 5.75 Å². The smallest absolute Gasteiger partial charge is 0.161 e. The fraction of sp³-hybridized carbons (Fsp3) is 0.429. The molecule has 0 spiro atoms. The van der Waals surface area contributed by atoms with E-state index in [1.165, 1.54) is 11.3 Å². The van der Waals surface area contributed by atoms with Crippen LogP contribution in [0.25, 0.3) is 0 Å². The number of benzene rings is 2. The van der Waals surface area contributed by atoms with E-state index in [9.17, 15) is 0 Å². The van der Waals surface area contributed by atoms with E-state index in [4.69, 9.17) is 14.2 Å². The molecule has 2 aromatic carbocycles. The first-order valence-corrected chi connectivity index (χ1v) is 9.91. The van der Waals surface area contributed by atoms with Gasteiger partial charge in [0.25, 0.3) is 0 Å². The van der Waals surface area contributed by atoms with Crippen LogP contribution in [0.4, 0.5) is 5.69 Å². The minimum absolute atomic E-state index is 0.325. The highest BCUT2D eigenvalue weighted by Crippen LogP contribution is 2.33. The van der Waals surface area contributed by atoms with Gasteiger partial charge in [-0.2, -0.15) is 0 Å². The molecule has 1 fully saturated rings. The Bertz CT molecular complexity index is 776. The number of hydrogen-bond donors (Lipinski definition) is 0. The first kappa shape index (κ1) is 19.8. The van der Waals surface area contributed by atoms with Gasteiger partial charge in [0.05, 0.1) is 25.8 Å². The molecule has 0 aliphatic carbocycles. The molecule has 6 heteroatoms. The second-order valence-corrected chi connectivity index (χ2v) is 7.49. The lowest BCUT2D eigenvalue weighted by atomic mass is 10.0. The number of piperazine rings is 1. The standard InChI is InChI=1S/C21H27BrN2O3/c1-15(16-5-8-19(25-2)21(13-16)27-4)23-9-11-24(12-10-23)17-6-7-18(22)20(14-17)26-3/h5-8,13-15H,9-12H2,1-4H3/t15-/m1/s1. The summed E-state index contributed by atoms with van der Waals surface area (Å²) >= 11 is 3.52. The Hall–Kier alpha value is -1.92. The molecule has 0 amide bonds. The average molecular weight is 435 g/mol. The van der Waals surface area contributed by atoms with Crippen LogP contribution in [0.3, 0.4) is 0 Å². The third-order valence-electron chi connectivity index (χ3n) is 5.25. The van der Waals surface area contributed by atoms with E-state index in [1.54, 1.807) is 21.3 Å². The molecule has 0 saturated carbocycles. The lowest BCUT2D eigenvalue weighted by Crippen LogP contribution is -2.47. The minimum Gasteiger partial charge on any atom is -0.495 e. The van der Waals surface area contributed by atoms with Crippen LogP contribution in [0.2, 0.25) is 0 Å². The number of anilines is 1. The molecule has 1 aliphatic heterocycles. The number of nitrogens with zero attached hydrogens (tertiary/aromatic N) is 2. The number of methoxy groups -OCH3 is 3. The van der Waals surface area contributed by atoms with Crippen LogP contribution in [0.1, 0.15) is 18.5 Å². The molecule has 146 valence electrons. The molecule has 5 nitrogen and oxygen atoms in total. The van der Waals surface area contributed by atoms with Crippen molar-refractivity contribution in [2.24, 2.45) is 0 Å². The van der Waals surface area contributed by atoms with Gasteiger partial charge in [0.15, 0.2) is 11.5 Å². The predicted molar refractivity (Wildman–Crippen MR) is 112 cm³/mol. The van der Waals surface area contributed by atoms with E-state index < -0.39 is 0 Å². The van der Waals surface area contributed by atoms with Crippen molar-refractivity contribution in [3.8, 4) is 17.2 Å². The Labute approximate surface area is 169 Å². The van der Waals surface area contributed by atoms with Crippen LogP contribution in [0.5, 0.6) is 17.2 Å². The van der Waals surface area contributed by atoms with Crippen LogP contribution >= 0.6 is 15.9 Å². The Balaban J connectivity index is 1.66. The van der Waals surface area contributed by atoms with Gasteiger partial charge in [-0.15, -0.1) is 0 Å². The zero-order valence-electron chi connectivity index (χ0n) is 16.4. The molecular weight excluding hydrogens is 408 g/mol. The number of rotatable bonds is 6. The van der Waals surface area contributed by atoms with Crippen molar-refractivity contribution in [3.63, 3.8) is 0 Å². The van der Waals surface area contributed by atoms with Crippen molar-refractivity contribution >= 4 is 21.6 Å². The van der Waals surface area contributed by atoms with E-state index in [2.05, 4.69) is 56.9 Å². The summed E-state index contributed by atoms with van der Waals surface area (Å²) in [6.07, 6.45) is 0. The average Bonchev–Trinajstić information content (AvgIpc) is 2.73. The molecule has 1 atom stereocenters. The van der Waals surface area contributed by atoms with Gasteiger partial charge >= 0.3 is 0 Å². The van der Waals surface area contributed by atoms with Crippen molar-refractivity contribution in [1.29, 1.82) is 0 Å². The van der Waals surface area contributed by atoms with Crippen molar-refractivity contribution < 1.29 is 14.2 Å². The normalized spacial score (nSPS) is 16.1. The summed E-state index contributed by atoms with van der Waals surface area (Å²) in [6.45, 7) is 6.24. The molecule has 3 rings (SSSR count). The number of hydrogen-bond acceptors (Lipinski definition) is 5. The van der Waals surface area contributed by atoms with Gasteiger partial charge in [0.2, 0.25) is 0 Å². The third-order valence-corrected chi connectivity index (χ3v) is 5.91. The topological polar surface area (TPSA) is 34.2 Å².